The number of furan rings is 3. The van der Waals surface area contributed by atoms with E-state index in [-0.39, 0.29) is 0 Å². The number of nitrogens with zero attached hydrogens (tertiary/aromatic N) is 2. The molecule has 4 aromatic heterocycles. The highest BCUT2D eigenvalue weighted by atomic mass is 16.3. The van der Waals surface area contributed by atoms with E-state index in [1.165, 1.54) is 0 Å². The summed E-state index contributed by atoms with van der Waals surface area (Å²) < 4.78 is 19.3. The van der Waals surface area contributed by atoms with E-state index >= 15 is 0 Å². The van der Waals surface area contributed by atoms with E-state index in [4.69, 9.17) is 23.2 Å². The number of hydrogen-bond donors (Lipinski definition) is 0. The molecule has 5 heteroatoms. The van der Waals surface area contributed by atoms with Crippen molar-refractivity contribution in [3.63, 3.8) is 0 Å². The lowest BCUT2D eigenvalue weighted by Crippen LogP contribution is -1.96. The van der Waals surface area contributed by atoms with Crippen LogP contribution in [-0.4, -0.2) is 9.97 Å². The molecule has 0 aliphatic rings. The lowest BCUT2D eigenvalue weighted by atomic mass is 10.0. The van der Waals surface area contributed by atoms with Gasteiger partial charge in [0, 0.05) is 43.4 Å². The Balaban J connectivity index is 1.29. The van der Waals surface area contributed by atoms with Gasteiger partial charge in [0.1, 0.15) is 33.5 Å². The molecule has 0 N–H and O–H groups in total. The van der Waals surface area contributed by atoms with Crippen molar-refractivity contribution in [2.24, 2.45) is 0 Å². The lowest BCUT2D eigenvalue weighted by molar-refractivity contribution is 0.669. The summed E-state index contributed by atoms with van der Waals surface area (Å²) in [6.45, 7) is 0. The monoisotopic (exact) mass is 578 g/mol. The van der Waals surface area contributed by atoms with Crippen LogP contribution in [0.25, 0.3) is 99.7 Å². The average Bonchev–Trinajstić information content (AvgIpc) is 3.79. The van der Waals surface area contributed by atoms with E-state index in [0.717, 1.165) is 93.9 Å². The van der Waals surface area contributed by atoms with Crippen molar-refractivity contribution in [3.8, 4) is 33.9 Å². The van der Waals surface area contributed by atoms with Gasteiger partial charge in [-0.15, -0.1) is 0 Å². The van der Waals surface area contributed by atoms with Crippen molar-refractivity contribution in [2.45, 2.75) is 0 Å². The Kier molecular flexibility index (Phi) is 4.93. The molecule has 0 unspecified atom stereocenters. The molecular weight excluding hydrogens is 556 g/mol. The summed E-state index contributed by atoms with van der Waals surface area (Å²) in [5.41, 5.74) is 8.95. The Morgan fingerprint density at radius 2 is 0.689 bits per heavy atom. The Morgan fingerprint density at radius 3 is 1.13 bits per heavy atom. The molecule has 45 heavy (non-hydrogen) atoms. The molecule has 0 spiro atoms. The highest BCUT2D eigenvalue weighted by molar-refractivity contribution is 6.12. The van der Waals surface area contributed by atoms with Gasteiger partial charge >= 0.3 is 0 Å². The molecule has 0 atom stereocenters. The quantitative estimate of drug-likeness (QED) is 0.209. The molecule has 4 heterocycles. The number of rotatable bonds is 3. The largest absolute Gasteiger partial charge is 0.455 e. The van der Waals surface area contributed by atoms with Crippen LogP contribution in [-0.2, 0) is 0 Å². The maximum absolute atomic E-state index is 6.45. The summed E-state index contributed by atoms with van der Waals surface area (Å²) >= 11 is 0. The van der Waals surface area contributed by atoms with Gasteiger partial charge in [-0.1, -0.05) is 91.0 Å². The topological polar surface area (TPSA) is 65.2 Å². The van der Waals surface area contributed by atoms with Crippen LogP contribution in [0.5, 0.6) is 0 Å². The first-order chi connectivity index (χ1) is 22.3. The molecule has 0 aliphatic carbocycles. The Bertz CT molecular complexity index is 2470. The summed E-state index contributed by atoms with van der Waals surface area (Å²) in [6, 6.07) is 44.9. The molecule has 0 fully saturated rings. The van der Waals surface area contributed by atoms with Gasteiger partial charge in [0.05, 0.1) is 17.0 Å². The van der Waals surface area contributed by atoms with Gasteiger partial charge in [-0.2, -0.15) is 0 Å². The van der Waals surface area contributed by atoms with E-state index in [2.05, 4.69) is 60.7 Å². The molecule has 0 radical (unpaired) electrons. The Morgan fingerprint density at radius 1 is 0.333 bits per heavy atom. The molecule has 6 aromatic carbocycles. The number of fused-ring (bicyclic) bond motifs is 9. The minimum Gasteiger partial charge on any atom is -0.455 e. The minimum atomic E-state index is 0.563. The van der Waals surface area contributed by atoms with Crippen LogP contribution in [0.1, 0.15) is 0 Å². The van der Waals surface area contributed by atoms with Crippen LogP contribution >= 0.6 is 0 Å². The molecule has 0 saturated heterocycles. The van der Waals surface area contributed by atoms with Crippen molar-refractivity contribution in [1.29, 1.82) is 0 Å². The Labute approximate surface area is 256 Å². The summed E-state index contributed by atoms with van der Waals surface area (Å²) in [4.78, 5) is 10.4. The maximum Gasteiger partial charge on any atom is 0.164 e. The molecular formula is C40H22N2O3. The van der Waals surface area contributed by atoms with Gasteiger partial charge in [-0.3, -0.25) is 0 Å². The fourth-order valence-electron chi connectivity index (χ4n) is 6.66. The summed E-state index contributed by atoms with van der Waals surface area (Å²) in [7, 11) is 0. The third-order valence-electron chi connectivity index (χ3n) is 8.73. The summed E-state index contributed by atoms with van der Waals surface area (Å²) in [6.07, 6.45) is 0. The first-order valence-electron chi connectivity index (χ1n) is 14.9. The van der Waals surface area contributed by atoms with Crippen LogP contribution in [0.15, 0.2) is 147 Å². The molecule has 10 aromatic rings. The van der Waals surface area contributed by atoms with E-state index in [1.807, 2.05) is 72.8 Å². The molecule has 0 saturated carbocycles. The second-order valence-corrected chi connectivity index (χ2v) is 11.3. The number of hydrogen-bond acceptors (Lipinski definition) is 5. The fourth-order valence-corrected chi connectivity index (χ4v) is 6.66. The second kappa shape index (κ2) is 9.15. The average molecular weight is 579 g/mol. The number of aromatic nitrogens is 2. The van der Waals surface area contributed by atoms with Gasteiger partial charge < -0.3 is 13.3 Å². The first kappa shape index (κ1) is 24.3. The summed E-state index contributed by atoms with van der Waals surface area (Å²) in [5, 5.41) is 6.32. The van der Waals surface area contributed by atoms with Gasteiger partial charge in [0.25, 0.3) is 0 Å². The predicted octanol–water partition coefficient (Wildman–Crippen LogP) is 11.2. The van der Waals surface area contributed by atoms with Crippen LogP contribution in [0, 0.1) is 0 Å². The number of benzene rings is 6. The summed E-state index contributed by atoms with van der Waals surface area (Å²) in [5.74, 6) is 0.563. The van der Waals surface area contributed by atoms with E-state index in [9.17, 15) is 0 Å². The highest BCUT2D eigenvalue weighted by Crippen LogP contribution is 2.41. The first-order valence-corrected chi connectivity index (χ1v) is 14.9. The smallest absolute Gasteiger partial charge is 0.164 e. The van der Waals surface area contributed by atoms with Gasteiger partial charge in [0.15, 0.2) is 5.82 Å². The third kappa shape index (κ3) is 3.55. The zero-order valence-electron chi connectivity index (χ0n) is 23.8. The minimum absolute atomic E-state index is 0.563. The number of para-hydroxylation sites is 6. The molecule has 0 bridgehead atoms. The predicted molar refractivity (Wildman–Crippen MR) is 180 cm³/mol. The van der Waals surface area contributed by atoms with Crippen molar-refractivity contribution in [3.05, 3.63) is 133 Å². The van der Waals surface area contributed by atoms with Crippen molar-refractivity contribution in [1.82, 2.24) is 9.97 Å². The SMILES string of the molecule is c1ccc2c(c1)oc1c(-c3cc(-c4cccc5c4oc4ccccc45)nc(-c4cccc5c4oc4ccccc45)n3)cccc12. The van der Waals surface area contributed by atoms with Crippen LogP contribution in [0.4, 0.5) is 0 Å². The van der Waals surface area contributed by atoms with Gasteiger partial charge in [-0.25, -0.2) is 9.97 Å². The lowest BCUT2D eigenvalue weighted by Gasteiger charge is -2.10. The molecule has 0 aliphatic heterocycles. The van der Waals surface area contributed by atoms with E-state index in [1.54, 1.807) is 0 Å². The van der Waals surface area contributed by atoms with Crippen LogP contribution in [0.3, 0.4) is 0 Å². The molecule has 210 valence electrons. The molecule has 0 amide bonds. The second-order valence-electron chi connectivity index (χ2n) is 11.3. The van der Waals surface area contributed by atoms with E-state index in [0.29, 0.717) is 5.82 Å². The fraction of sp³-hybridized carbons (Fsp3) is 0. The zero-order chi connectivity index (χ0) is 29.5. The van der Waals surface area contributed by atoms with E-state index < -0.39 is 0 Å². The van der Waals surface area contributed by atoms with Crippen LogP contribution < -0.4 is 0 Å². The highest BCUT2D eigenvalue weighted by Gasteiger charge is 2.21. The molecule has 5 nitrogen and oxygen atoms in total. The standard InChI is InChI=1S/C40H22N2O3/c1-4-19-34-23(10-1)26-13-7-16-29(37(26)43-34)32-22-33(30-17-8-14-27-24-11-2-5-20-35(24)44-38(27)30)42-40(41-32)31-18-9-15-28-25-12-3-6-21-36(25)45-39(28)31/h1-22H. The van der Waals surface area contributed by atoms with Gasteiger partial charge in [-0.05, 0) is 42.5 Å². The zero-order valence-corrected chi connectivity index (χ0v) is 23.8. The van der Waals surface area contributed by atoms with Crippen molar-refractivity contribution < 1.29 is 13.3 Å². The normalized spacial score (nSPS) is 12.0. The maximum atomic E-state index is 6.45. The van der Waals surface area contributed by atoms with Crippen molar-refractivity contribution >= 4 is 65.8 Å². The molecule has 10 rings (SSSR count). The van der Waals surface area contributed by atoms with Gasteiger partial charge in [0.2, 0.25) is 0 Å². The Hall–Kier alpha value is -6.20. The van der Waals surface area contributed by atoms with Crippen molar-refractivity contribution in [2.75, 3.05) is 0 Å². The third-order valence-corrected chi connectivity index (χ3v) is 8.73. The van der Waals surface area contributed by atoms with Crippen LogP contribution in [0.2, 0.25) is 0 Å².